The van der Waals surface area contributed by atoms with Gasteiger partial charge in [0.2, 0.25) is 5.91 Å². The van der Waals surface area contributed by atoms with E-state index in [9.17, 15) is 14.7 Å². The number of fused-ring (bicyclic) bond motifs is 1. The van der Waals surface area contributed by atoms with Crippen LogP contribution in [0.15, 0.2) is 29.8 Å². The number of benzene rings is 1. The van der Waals surface area contributed by atoms with Crippen LogP contribution < -0.4 is 5.32 Å². The van der Waals surface area contributed by atoms with Gasteiger partial charge in [-0.15, -0.1) is 11.8 Å². The van der Waals surface area contributed by atoms with Crippen LogP contribution >= 0.6 is 11.8 Å². The molecule has 0 spiro atoms. The number of rotatable bonds is 5. The predicted octanol–water partition coefficient (Wildman–Crippen LogP) is 1.60. The van der Waals surface area contributed by atoms with Gasteiger partial charge in [0.25, 0.3) is 0 Å². The average molecular weight is 372 g/mol. The average Bonchev–Trinajstić information content (AvgIpc) is 3.38. The third-order valence-corrected chi connectivity index (χ3v) is 6.82. The van der Waals surface area contributed by atoms with Gasteiger partial charge in [0.1, 0.15) is 0 Å². The summed E-state index contributed by atoms with van der Waals surface area (Å²) < 4.78 is 0. The highest BCUT2D eigenvalue weighted by Crippen LogP contribution is 2.31. The number of hydrogen-bond donors (Lipinski definition) is 2. The Kier molecular flexibility index (Phi) is 5.16. The molecule has 4 rings (SSSR count). The lowest BCUT2D eigenvalue weighted by molar-refractivity contribution is -0.137. The van der Waals surface area contributed by atoms with Crippen molar-refractivity contribution < 1.29 is 14.7 Å². The van der Waals surface area contributed by atoms with Crippen LogP contribution in [0, 0.1) is 0 Å². The lowest BCUT2D eigenvalue weighted by Crippen LogP contribution is -2.48. The van der Waals surface area contributed by atoms with E-state index in [2.05, 4.69) is 23.5 Å². The van der Waals surface area contributed by atoms with Crippen LogP contribution in [-0.4, -0.2) is 58.1 Å². The first-order valence-electron chi connectivity index (χ1n) is 9.24. The number of likely N-dealkylation sites (tertiary alicyclic amines) is 1. The van der Waals surface area contributed by atoms with E-state index < -0.39 is 0 Å². The molecule has 0 saturated carbocycles. The van der Waals surface area contributed by atoms with Crippen LogP contribution in [0.25, 0.3) is 6.08 Å². The number of nitrogens with zero attached hydrogens (tertiary/aromatic N) is 1. The van der Waals surface area contributed by atoms with Gasteiger partial charge in [0, 0.05) is 24.9 Å². The lowest BCUT2D eigenvalue weighted by Gasteiger charge is -2.27. The summed E-state index contributed by atoms with van der Waals surface area (Å²) in [6.07, 6.45) is 4.93. The smallest absolute Gasteiger partial charge is 0.227 e. The minimum atomic E-state index is -0.335. The lowest BCUT2D eigenvalue weighted by atomic mass is 10.0. The third kappa shape index (κ3) is 3.33. The molecule has 0 bridgehead atoms. The molecular formula is C20H24N2O3S. The normalized spacial score (nSPS) is 27.5. The fourth-order valence-corrected chi connectivity index (χ4v) is 5.45. The number of aliphatic hydroxyl groups excluding tert-OH is 1. The minimum absolute atomic E-state index is 0.0464. The number of carbonyl (C=O) groups excluding carboxylic acids is 2. The number of aliphatic hydroxyl groups is 1. The maximum Gasteiger partial charge on any atom is 0.227 e. The molecule has 3 atom stereocenters. The fraction of sp³-hybridized carbons (Fsp3) is 0.500. The molecule has 2 saturated heterocycles. The van der Waals surface area contributed by atoms with Crippen LogP contribution in [0.1, 0.15) is 30.4 Å². The molecule has 26 heavy (non-hydrogen) atoms. The summed E-state index contributed by atoms with van der Waals surface area (Å²) in [6, 6.07) is 7.69. The number of hydrogen-bond acceptors (Lipinski definition) is 5. The van der Waals surface area contributed by atoms with Gasteiger partial charge in [0.05, 0.1) is 17.9 Å². The number of amides is 1. The SMILES string of the molecule is O=C(C1SCN[C@@H]1CO)[C@@H]1CCCN1C(=O)CC1=Cc2ccccc2C1. The summed E-state index contributed by atoms with van der Waals surface area (Å²) in [5.41, 5.74) is 3.59. The topological polar surface area (TPSA) is 69.6 Å². The molecule has 5 nitrogen and oxygen atoms in total. The van der Waals surface area contributed by atoms with E-state index in [1.54, 1.807) is 4.90 Å². The van der Waals surface area contributed by atoms with E-state index in [4.69, 9.17) is 0 Å². The van der Waals surface area contributed by atoms with Crippen molar-refractivity contribution in [3.63, 3.8) is 0 Å². The Morgan fingerprint density at radius 3 is 2.96 bits per heavy atom. The Morgan fingerprint density at radius 2 is 2.15 bits per heavy atom. The molecule has 0 aromatic heterocycles. The van der Waals surface area contributed by atoms with Gasteiger partial charge in [0.15, 0.2) is 5.78 Å². The maximum atomic E-state index is 13.0. The first-order chi connectivity index (χ1) is 12.7. The molecule has 1 unspecified atom stereocenters. The number of carbonyl (C=O) groups is 2. The Labute approximate surface area is 157 Å². The van der Waals surface area contributed by atoms with Crippen molar-refractivity contribution in [2.75, 3.05) is 19.0 Å². The Balaban J connectivity index is 1.42. The van der Waals surface area contributed by atoms with Gasteiger partial charge in [-0.1, -0.05) is 35.9 Å². The van der Waals surface area contributed by atoms with Gasteiger partial charge in [-0.2, -0.15) is 0 Å². The number of Topliss-reactive ketones (excluding diaryl/α,β-unsaturated/α-hetero) is 1. The number of thioether (sulfide) groups is 1. The van der Waals surface area contributed by atoms with Gasteiger partial charge in [-0.05, 0) is 30.4 Å². The maximum absolute atomic E-state index is 13.0. The van der Waals surface area contributed by atoms with E-state index in [0.29, 0.717) is 18.8 Å². The highest BCUT2D eigenvalue weighted by atomic mass is 32.2. The van der Waals surface area contributed by atoms with E-state index in [1.165, 1.54) is 22.9 Å². The van der Waals surface area contributed by atoms with Crippen molar-refractivity contribution in [2.45, 2.75) is 43.0 Å². The second-order valence-electron chi connectivity index (χ2n) is 7.23. The molecule has 3 aliphatic rings. The van der Waals surface area contributed by atoms with Crippen molar-refractivity contribution in [3.8, 4) is 0 Å². The van der Waals surface area contributed by atoms with Crippen LogP contribution in [0.4, 0.5) is 0 Å². The highest BCUT2D eigenvalue weighted by molar-refractivity contribution is 8.00. The molecule has 6 heteroatoms. The van der Waals surface area contributed by atoms with E-state index in [1.807, 2.05) is 12.1 Å². The summed E-state index contributed by atoms with van der Waals surface area (Å²) in [4.78, 5) is 27.6. The van der Waals surface area contributed by atoms with Crippen molar-refractivity contribution >= 4 is 29.5 Å². The fourth-order valence-electron chi connectivity index (χ4n) is 4.22. The second-order valence-corrected chi connectivity index (χ2v) is 8.36. The highest BCUT2D eigenvalue weighted by Gasteiger charge is 2.42. The van der Waals surface area contributed by atoms with Crippen LogP contribution in [0.3, 0.4) is 0 Å². The van der Waals surface area contributed by atoms with Gasteiger partial charge in [-0.25, -0.2) is 0 Å². The van der Waals surface area contributed by atoms with Crippen LogP contribution in [-0.2, 0) is 16.0 Å². The van der Waals surface area contributed by atoms with Crippen molar-refractivity contribution in [1.82, 2.24) is 10.2 Å². The van der Waals surface area contributed by atoms with Crippen LogP contribution in [0.5, 0.6) is 0 Å². The van der Waals surface area contributed by atoms with Gasteiger partial charge >= 0.3 is 0 Å². The molecule has 2 fully saturated rings. The monoisotopic (exact) mass is 372 g/mol. The molecule has 1 aromatic rings. The molecule has 2 N–H and O–H groups in total. The molecular weight excluding hydrogens is 348 g/mol. The second kappa shape index (κ2) is 7.55. The first-order valence-corrected chi connectivity index (χ1v) is 10.3. The first kappa shape index (κ1) is 17.8. The zero-order chi connectivity index (χ0) is 18.1. The number of ketones is 1. The quantitative estimate of drug-likeness (QED) is 0.822. The molecule has 1 aromatic carbocycles. The third-order valence-electron chi connectivity index (χ3n) is 5.56. The number of nitrogens with one attached hydrogen (secondary N) is 1. The molecule has 0 radical (unpaired) electrons. The van der Waals surface area contributed by atoms with E-state index in [0.717, 1.165) is 24.8 Å². The minimum Gasteiger partial charge on any atom is -0.395 e. The molecule has 138 valence electrons. The Hall–Kier alpha value is -1.63. The van der Waals surface area contributed by atoms with Crippen molar-refractivity contribution in [1.29, 1.82) is 0 Å². The van der Waals surface area contributed by atoms with Crippen LogP contribution in [0.2, 0.25) is 0 Å². The van der Waals surface area contributed by atoms with E-state index in [-0.39, 0.29) is 35.6 Å². The zero-order valence-electron chi connectivity index (χ0n) is 14.7. The van der Waals surface area contributed by atoms with Crippen molar-refractivity contribution in [3.05, 3.63) is 41.0 Å². The summed E-state index contributed by atoms with van der Waals surface area (Å²) in [5.74, 6) is 0.818. The summed E-state index contributed by atoms with van der Waals surface area (Å²) in [7, 11) is 0. The summed E-state index contributed by atoms with van der Waals surface area (Å²) >= 11 is 1.54. The largest absolute Gasteiger partial charge is 0.395 e. The molecule has 1 aliphatic carbocycles. The molecule has 1 amide bonds. The summed E-state index contributed by atoms with van der Waals surface area (Å²) in [6.45, 7) is 0.610. The predicted molar refractivity (Wildman–Crippen MR) is 103 cm³/mol. The summed E-state index contributed by atoms with van der Waals surface area (Å²) in [5, 5.41) is 12.4. The Bertz CT molecular complexity index is 748. The Morgan fingerprint density at radius 1 is 1.31 bits per heavy atom. The van der Waals surface area contributed by atoms with Gasteiger partial charge < -0.3 is 15.3 Å². The zero-order valence-corrected chi connectivity index (χ0v) is 15.5. The van der Waals surface area contributed by atoms with Gasteiger partial charge in [-0.3, -0.25) is 9.59 Å². The standard InChI is InChI=1S/C20H24N2O3S/c23-11-16-20(26-12-21-16)19(25)17-6-3-7-22(17)18(24)10-13-8-14-4-1-2-5-15(14)9-13/h1-2,4-5,8,16-17,20-21,23H,3,6-7,9-12H2/t16-,17+,20?/m1/s1. The molecule has 2 aliphatic heterocycles. The van der Waals surface area contributed by atoms with Crippen molar-refractivity contribution in [2.24, 2.45) is 0 Å². The van der Waals surface area contributed by atoms with E-state index >= 15 is 0 Å². The molecule has 2 heterocycles.